The summed E-state index contributed by atoms with van der Waals surface area (Å²) >= 11 is 0. The van der Waals surface area contributed by atoms with Crippen molar-refractivity contribution in [1.29, 1.82) is 0 Å². The number of piperidine rings is 1. The zero-order valence-corrected chi connectivity index (χ0v) is 13.9. The zero-order valence-electron chi connectivity index (χ0n) is 13.9. The number of hydrogen-bond donors (Lipinski definition) is 3. The van der Waals surface area contributed by atoms with E-state index in [0.29, 0.717) is 13.1 Å². The van der Waals surface area contributed by atoms with E-state index in [2.05, 4.69) is 20.9 Å². The predicted octanol–water partition coefficient (Wildman–Crippen LogP) is 1.57. The number of fused-ring (bicyclic) bond motifs is 1. The monoisotopic (exact) mass is 330 g/mol. The number of aromatic nitrogens is 2. The van der Waals surface area contributed by atoms with Crippen LogP contribution in [0.2, 0.25) is 0 Å². The van der Waals surface area contributed by atoms with Gasteiger partial charge in [0.2, 0.25) is 0 Å². The third-order valence-corrected chi connectivity index (χ3v) is 4.27. The molecule has 0 saturated carbocycles. The molecule has 4 amide bonds. The van der Waals surface area contributed by atoms with Crippen LogP contribution in [-0.2, 0) is 0 Å². The van der Waals surface area contributed by atoms with E-state index in [0.717, 1.165) is 29.7 Å². The van der Waals surface area contributed by atoms with Gasteiger partial charge < -0.3 is 25.3 Å². The summed E-state index contributed by atoms with van der Waals surface area (Å²) in [6, 6.07) is 1.73. The summed E-state index contributed by atoms with van der Waals surface area (Å²) in [4.78, 5) is 29.8. The Bertz CT molecular complexity index is 748. The highest BCUT2D eigenvalue weighted by Gasteiger charge is 2.23. The number of hydrogen-bond acceptors (Lipinski definition) is 3. The van der Waals surface area contributed by atoms with Crippen LogP contribution in [0.1, 0.15) is 18.4 Å². The van der Waals surface area contributed by atoms with Crippen molar-refractivity contribution in [2.75, 3.05) is 25.5 Å². The summed E-state index contributed by atoms with van der Waals surface area (Å²) in [5.74, 6) is 0. The molecular formula is C16H22N6O2. The van der Waals surface area contributed by atoms with Gasteiger partial charge in [0.25, 0.3) is 0 Å². The molecule has 3 N–H and O–H groups in total. The van der Waals surface area contributed by atoms with Crippen LogP contribution in [0.4, 0.5) is 15.3 Å². The molecule has 0 aliphatic carbocycles. The molecule has 24 heavy (non-hydrogen) atoms. The second kappa shape index (κ2) is 6.77. The minimum atomic E-state index is -0.179. The van der Waals surface area contributed by atoms with Crippen molar-refractivity contribution >= 4 is 23.4 Å². The number of nitrogens with zero attached hydrogens (tertiary/aromatic N) is 3. The van der Waals surface area contributed by atoms with Gasteiger partial charge in [-0.1, -0.05) is 0 Å². The zero-order chi connectivity index (χ0) is 17.1. The number of nitrogens with one attached hydrogen (secondary N) is 3. The van der Waals surface area contributed by atoms with Gasteiger partial charge in [-0.05, 0) is 31.4 Å². The van der Waals surface area contributed by atoms with E-state index in [9.17, 15) is 9.59 Å². The van der Waals surface area contributed by atoms with Crippen molar-refractivity contribution < 1.29 is 9.59 Å². The second-order valence-corrected chi connectivity index (χ2v) is 5.98. The fourth-order valence-corrected chi connectivity index (χ4v) is 2.96. The fraction of sp³-hybridized carbons (Fsp3) is 0.438. The molecular weight excluding hydrogens is 308 g/mol. The van der Waals surface area contributed by atoms with E-state index in [1.54, 1.807) is 18.1 Å². The summed E-state index contributed by atoms with van der Waals surface area (Å²) in [7, 11) is 1.59. The normalized spacial score (nSPS) is 15.3. The van der Waals surface area contributed by atoms with Gasteiger partial charge in [0.05, 0.1) is 5.69 Å². The van der Waals surface area contributed by atoms with Crippen LogP contribution in [0.3, 0.4) is 0 Å². The summed E-state index contributed by atoms with van der Waals surface area (Å²) < 4.78 is 1.89. The molecule has 1 aliphatic heterocycles. The van der Waals surface area contributed by atoms with Crippen LogP contribution >= 0.6 is 0 Å². The van der Waals surface area contributed by atoms with Crippen LogP contribution in [0.25, 0.3) is 5.65 Å². The number of imidazole rings is 1. The first-order valence-corrected chi connectivity index (χ1v) is 8.04. The fourth-order valence-electron chi connectivity index (χ4n) is 2.96. The van der Waals surface area contributed by atoms with Gasteiger partial charge in [-0.2, -0.15) is 0 Å². The number of carbonyl (C=O) groups excluding carboxylic acids is 2. The molecule has 3 rings (SSSR count). The molecule has 0 bridgehead atoms. The quantitative estimate of drug-likeness (QED) is 0.780. The Morgan fingerprint density at radius 2 is 2.04 bits per heavy atom. The predicted molar refractivity (Wildman–Crippen MR) is 91.1 cm³/mol. The van der Waals surface area contributed by atoms with Crippen LogP contribution in [0, 0.1) is 6.92 Å². The lowest BCUT2D eigenvalue weighted by Crippen LogP contribution is -2.49. The third kappa shape index (κ3) is 3.42. The molecule has 8 nitrogen and oxygen atoms in total. The number of amides is 4. The van der Waals surface area contributed by atoms with E-state index >= 15 is 0 Å². The maximum atomic E-state index is 12.4. The second-order valence-electron chi connectivity index (χ2n) is 5.98. The number of anilines is 1. The van der Waals surface area contributed by atoms with Crippen LogP contribution in [0.5, 0.6) is 0 Å². The molecule has 1 fully saturated rings. The molecule has 128 valence electrons. The Balaban J connectivity index is 1.58. The van der Waals surface area contributed by atoms with E-state index in [-0.39, 0.29) is 18.1 Å². The van der Waals surface area contributed by atoms with Gasteiger partial charge in [-0.25, -0.2) is 14.6 Å². The molecule has 0 aromatic carbocycles. The van der Waals surface area contributed by atoms with E-state index in [1.165, 1.54) is 0 Å². The number of carbonyl (C=O) groups is 2. The topological polar surface area (TPSA) is 90.8 Å². The van der Waals surface area contributed by atoms with Gasteiger partial charge >= 0.3 is 12.1 Å². The molecule has 2 aromatic rings. The highest BCUT2D eigenvalue weighted by Crippen LogP contribution is 2.17. The van der Waals surface area contributed by atoms with Crippen molar-refractivity contribution in [3.63, 3.8) is 0 Å². The average Bonchev–Trinajstić information content (AvgIpc) is 3.04. The maximum Gasteiger partial charge on any atom is 0.321 e. The average molecular weight is 330 g/mol. The van der Waals surface area contributed by atoms with Crippen molar-refractivity contribution in [3.8, 4) is 0 Å². The largest absolute Gasteiger partial charge is 0.341 e. The Morgan fingerprint density at radius 3 is 2.75 bits per heavy atom. The minimum Gasteiger partial charge on any atom is -0.341 e. The molecule has 0 unspecified atom stereocenters. The van der Waals surface area contributed by atoms with Crippen LogP contribution in [-0.4, -0.2) is 52.5 Å². The van der Waals surface area contributed by atoms with Crippen molar-refractivity contribution in [2.45, 2.75) is 25.8 Å². The minimum absolute atomic E-state index is 0.110. The Hall–Kier alpha value is -2.77. The maximum absolute atomic E-state index is 12.4. The first kappa shape index (κ1) is 16.1. The van der Waals surface area contributed by atoms with Crippen molar-refractivity contribution in [1.82, 2.24) is 24.9 Å². The number of likely N-dealkylation sites (tertiary alicyclic amines) is 1. The molecule has 1 saturated heterocycles. The van der Waals surface area contributed by atoms with Crippen LogP contribution < -0.4 is 16.0 Å². The first-order valence-electron chi connectivity index (χ1n) is 8.04. The van der Waals surface area contributed by atoms with Gasteiger partial charge in [-0.3, -0.25) is 0 Å². The summed E-state index contributed by atoms with van der Waals surface area (Å²) in [5.41, 5.74) is 2.63. The van der Waals surface area contributed by atoms with E-state index in [4.69, 9.17) is 0 Å². The SMILES string of the molecule is CNC(=O)NC1CCN(C(=O)Nc2cc(C)c3nccn3c2)CC1. The highest BCUT2D eigenvalue weighted by atomic mass is 16.2. The van der Waals surface area contributed by atoms with E-state index in [1.807, 2.05) is 29.8 Å². The lowest BCUT2D eigenvalue weighted by Gasteiger charge is -2.32. The molecule has 0 radical (unpaired) electrons. The highest BCUT2D eigenvalue weighted by molar-refractivity contribution is 5.89. The van der Waals surface area contributed by atoms with Crippen LogP contribution in [0.15, 0.2) is 24.7 Å². The van der Waals surface area contributed by atoms with Crippen molar-refractivity contribution in [2.24, 2.45) is 0 Å². The smallest absolute Gasteiger partial charge is 0.321 e. The Kier molecular flexibility index (Phi) is 4.54. The lowest BCUT2D eigenvalue weighted by molar-refractivity contribution is 0.188. The Labute approximate surface area is 140 Å². The summed E-state index contributed by atoms with van der Waals surface area (Å²) in [5, 5.41) is 8.37. The third-order valence-electron chi connectivity index (χ3n) is 4.27. The van der Waals surface area contributed by atoms with Gasteiger partial charge in [0, 0.05) is 44.8 Å². The van der Waals surface area contributed by atoms with Gasteiger partial charge in [0.15, 0.2) is 0 Å². The summed E-state index contributed by atoms with van der Waals surface area (Å²) in [6.45, 7) is 3.20. The molecule has 8 heteroatoms. The standard InChI is InChI=1S/C16H22N6O2/c1-11-9-13(10-22-8-5-18-14(11)22)20-16(24)21-6-3-12(4-7-21)19-15(23)17-2/h5,8-10,12H,3-4,6-7H2,1-2H3,(H,20,24)(H2,17,19,23). The lowest BCUT2D eigenvalue weighted by atomic mass is 10.1. The number of pyridine rings is 1. The van der Waals surface area contributed by atoms with Gasteiger partial charge in [0.1, 0.15) is 5.65 Å². The van der Waals surface area contributed by atoms with Crippen molar-refractivity contribution in [3.05, 3.63) is 30.2 Å². The molecule has 2 aromatic heterocycles. The number of urea groups is 2. The number of aryl methyl sites for hydroxylation is 1. The van der Waals surface area contributed by atoms with Gasteiger partial charge in [-0.15, -0.1) is 0 Å². The van der Waals surface area contributed by atoms with E-state index < -0.39 is 0 Å². The molecule has 1 aliphatic rings. The first-order chi connectivity index (χ1) is 11.6. The number of rotatable bonds is 2. The molecule has 0 spiro atoms. The molecule has 3 heterocycles. The molecule has 0 atom stereocenters. The summed E-state index contributed by atoms with van der Waals surface area (Å²) in [6.07, 6.45) is 6.94. The Morgan fingerprint density at radius 1 is 1.29 bits per heavy atom.